The molecule has 0 spiro atoms. The third-order valence-electron chi connectivity index (χ3n) is 3.88. The fourth-order valence-corrected chi connectivity index (χ4v) is 4.53. The van der Waals surface area contributed by atoms with Crippen LogP contribution < -0.4 is 5.32 Å². The second kappa shape index (κ2) is 7.75. The average Bonchev–Trinajstić information content (AvgIpc) is 3.22. The number of carbonyl (C=O) groups is 2. The molecular weight excluding hydrogens is 402 g/mol. The van der Waals surface area contributed by atoms with Crippen molar-refractivity contribution in [3.05, 3.63) is 55.3 Å². The minimum atomic E-state index is -0.545. The van der Waals surface area contributed by atoms with Crippen molar-refractivity contribution in [3.63, 3.8) is 0 Å². The lowest BCUT2D eigenvalue weighted by Crippen LogP contribution is -2.09. The van der Waals surface area contributed by atoms with Crippen molar-refractivity contribution in [2.24, 2.45) is 0 Å². The highest BCUT2D eigenvalue weighted by Gasteiger charge is 2.23. The first-order chi connectivity index (χ1) is 13.3. The van der Waals surface area contributed by atoms with E-state index in [9.17, 15) is 25.0 Å². The molecule has 0 fully saturated rings. The quantitative estimate of drug-likeness (QED) is 0.372. The van der Waals surface area contributed by atoms with Gasteiger partial charge < -0.3 is 10.1 Å². The summed E-state index contributed by atoms with van der Waals surface area (Å²) in [5.41, 5.74) is 0.600. The van der Waals surface area contributed by atoms with E-state index in [-0.39, 0.29) is 27.7 Å². The number of esters is 1. The molecule has 0 aliphatic carbocycles. The number of anilines is 1. The number of fused-ring (bicyclic) bond motifs is 1. The Balaban J connectivity index is 1.92. The molecule has 0 radical (unpaired) electrons. The van der Waals surface area contributed by atoms with Gasteiger partial charge >= 0.3 is 5.97 Å². The van der Waals surface area contributed by atoms with Crippen LogP contribution in [0.2, 0.25) is 0 Å². The number of ether oxygens (including phenoxy) is 1. The van der Waals surface area contributed by atoms with Gasteiger partial charge in [0.2, 0.25) is 0 Å². The monoisotopic (exact) mass is 415 g/mol. The number of carbonyl (C=O) groups excluding carboxylic acids is 2. The van der Waals surface area contributed by atoms with Gasteiger partial charge in [-0.05, 0) is 31.5 Å². The van der Waals surface area contributed by atoms with Crippen LogP contribution in [0.3, 0.4) is 0 Å². The summed E-state index contributed by atoms with van der Waals surface area (Å²) in [6.07, 6.45) is 0. The lowest BCUT2D eigenvalue weighted by molar-refractivity contribution is -0.384. The van der Waals surface area contributed by atoms with Gasteiger partial charge in [-0.15, -0.1) is 22.7 Å². The van der Waals surface area contributed by atoms with Crippen molar-refractivity contribution in [2.75, 3.05) is 11.9 Å². The molecule has 1 N–H and O–H groups in total. The largest absolute Gasteiger partial charge is 0.462 e. The summed E-state index contributed by atoms with van der Waals surface area (Å²) >= 11 is 2.16. The zero-order valence-electron chi connectivity index (χ0n) is 14.8. The van der Waals surface area contributed by atoms with Gasteiger partial charge in [0.25, 0.3) is 11.6 Å². The summed E-state index contributed by atoms with van der Waals surface area (Å²) in [6.45, 7) is 3.50. The number of nitrogens with zero attached hydrogens (tertiary/aromatic N) is 2. The molecule has 0 saturated carbocycles. The summed E-state index contributed by atoms with van der Waals surface area (Å²) in [5, 5.41) is 23.8. The first kappa shape index (κ1) is 19.5. The van der Waals surface area contributed by atoms with E-state index in [2.05, 4.69) is 5.32 Å². The summed E-state index contributed by atoms with van der Waals surface area (Å²) in [4.78, 5) is 35.7. The molecule has 1 aromatic carbocycles. The highest BCUT2D eigenvalue weighted by Crippen LogP contribution is 2.34. The van der Waals surface area contributed by atoms with Gasteiger partial charge in [-0.25, -0.2) is 4.79 Å². The number of nitrogens with one attached hydrogen (secondary N) is 1. The molecule has 0 unspecified atom stereocenters. The fourth-order valence-electron chi connectivity index (χ4n) is 2.55. The highest BCUT2D eigenvalue weighted by atomic mass is 32.1. The molecular formula is C18H13N3O5S2. The van der Waals surface area contributed by atoms with E-state index in [1.807, 2.05) is 6.07 Å². The molecule has 0 bridgehead atoms. The van der Waals surface area contributed by atoms with Gasteiger partial charge in [-0.2, -0.15) is 5.26 Å². The lowest BCUT2D eigenvalue weighted by atomic mass is 10.2. The summed E-state index contributed by atoms with van der Waals surface area (Å²) in [7, 11) is 0. The second-order valence-electron chi connectivity index (χ2n) is 5.64. The van der Waals surface area contributed by atoms with Crippen molar-refractivity contribution in [3.8, 4) is 6.07 Å². The van der Waals surface area contributed by atoms with Crippen molar-refractivity contribution in [1.29, 1.82) is 5.26 Å². The zero-order valence-corrected chi connectivity index (χ0v) is 16.4. The number of thiophene rings is 2. The van der Waals surface area contributed by atoms with Gasteiger partial charge in [0.15, 0.2) is 0 Å². The number of nitro benzene ring substituents is 1. The number of amides is 1. The number of rotatable bonds is 5. The predicted molar refractivity (Wildman–Crippen MR) is 106 cm³/mol. The van der Waals surface area contributed by atoms with Crippen molar-refractivity contribution in [2.45, 2.75) is 13.8 Å². The third-order valence-corrected chi connectivity index (χ3v) is 6.18. The molecule has 0 saturated heterocycles. The van der Waals surface area contributed by atoms with Crippen LogP contribution in [0, 0.1) is 28.4 Å². The van der Waals surface area contributed by atoms with E-state index in [1.54, 1.807) is 26.0 Å². The molecule has 3 aromatic rings. The van der Waals surface area contributed by atoms with Crippen LogP contribution in [0.25, 0.3) is 10.1 Å². The molecule has 0 aliphatic heterocycles. The summed E-state index contributed by atoms with van der Waals surface area (Å²) in [6, 6.07) is 7.92. The maximum absolute atomic E-state index is 12.6. The van der Waals surface area contributed by atoms with Crippen LogP contribution >= 0.6 is 22.7 Å². The topological polar surface area (TPSA) is 122 Å². The van der Waals surface area contributed by atoms with E-state index >= 15 is 0 Å². The molecule has 2 heterocycles. The van der Waals surface area contributed by atoms with Crippen LogP contribution in [0.15, 0.2) is 24.3 Å². The Morgan fingerprint density at radius 1 is 1.32 bits per heavy atom. The van der Waals surface area contributed by atoms with Gasteiger partial charge in [-0.1, -0.05) is 0 Å². The van der Waals surface area contributed by atoms with Gasteiger partial charge in [0.1, 0.15) is 15.9 Å². The number of nitriles is 1. The molecule has 1 amide bonds. The average molecular weight is 415 g/mol. The summed E-state index contributed by atoms with van der Waals surface area (Å²) in [5.74, 6) is -1.01. The first-order valence-electron chi connectivity index (χ1n) is 8.05. The van der Waals surface area contributed by atoms with Gasteiger partial charge in [-0.3, -0.25) is 14.9 Å². The smallest absolute Gasteiger partial charge is 0.348 e. The number of hydrogen-bond acceptors (Lipinski definition) is 8. The molecule has 8 nitrogen and oxygen atoms in total. The van der Waals surface area contributed by atoms with E-state index in [0.29, 0.717) is 15.8 Å². The number of benzene rings is 1. The Morgan fingerprint density at radius 2 is 2.07 bits per heavy atom. The Hall–Kier alpha value is -3.29. The van der Waals surface area contributed by atoms with Crippen LogP contribution in [-0.2, 0) is 4.74 Å². The Morgan fingerprint density at radius 3 is 2.71 bits per heavy atom. The maximum atomic E-state index is 12.6. The first-order valence-corrected chi connectivity index (χ1v) is 9.69. The normalized spacial score (nSPS) is 10.5. The number of non-ortho nitro benzene ring substituents is 1. The van der Waals surface area contributed by atoms with Gasteiger partial charge in [0, 0.05) is 22.2 Å². The molecule has 3 rings (SSSR count). The lowest BCUT2D eigenvalue weighted by Gasteiger charge is -2.00. The van der Waals surface area contributed by atoms with E-state index in [0.717, 1.165) is 16.0 Å². The Kier molecular flexibility index (Phi) is 5.39. The Labute approximate surface area is 167 Å². The fraction of sp³-hybridized carbons (Fsp3) is 0.167. The Bertz CT molecular complexity index is 1160. The van der Waals surface area contributed by atoms with Crippen molar-refractivity contribution < 1.29 is 19.2 Å². The molecule has 0 aliphatic rings. The second-order valence-corrected chi connectivity index (χ2v) is 7.74. The molecule has 10 heteroatoms. The standard InChI is InChI=1S/C18H13N3O5S2/c1-3-26-18(23)15-9(2)12(8-19)17(28-15)20-16(22)14-7-10-6-11(21(24)25)4-5-13(10)27-14/h4-7H,3H2,1-2H3,(H,20,22). The van der Waals surface area contributed by atoms with E-state index in [1.165, 1.54) is 23.5 Å². The maximum Gasteiger partial charge on any atom is 0.348 e. The van der Waals surface area contributed by atoms with Crippen molar-refractivity contribution in [1.82, 2.24) is 0 Å². The van der Waals surface area contributed by atoms with Crippen LogP contribution in [0.1, 0.15) is 37.4 Å². The summed E-state index contributed by atoms with van der Waals surface area (Å²) < 4.78 is 5.71. The minimum absolute atomic E-state index is 0.0583. The number of nitro groups is 1. The van der Waals surface area contributed by atoms with Crippen LogP contribution in [-0.4, -0.2) is 23.4 Å². The zero-order chi connectivity index (χ0) is 20.4. The van der Waals surface area contributed by atoms with Gasteiger partial charge in [0.05, 0.1) is 22.0 Å². The third kappa shape index (κ3) is 3.58. The predicted octanol–water partition coefficient (Wildman–Crippen LogP) is 4.48. The van der Waals surface area contributed by atoms with Crippen LogP contribution in [0.4, 0.5) is 10.7 Å². The van der Waals surface area contributed by atoms with E-state index in [4.69, 9.17) is 4.74 Å². The minimum Gasteiger partial charge on any atom is -0.462 e. The number of hydrogen-bond donors (Lipinski definition) is 1. The molecule has 2 aromatic heterocycles. The molecule has 28 heavy (non-hydrogen) atoms. The SMILES string of the molecule is CCOC(=O)c1sc(NC(=O)c2cc3cc([N+](=O)[O-])ccc3s2)c(C#N)c1C. The highest BCUT2D eigenvalue weighted by molar-refractivity contribution is 7.21. The molecule has 0 atom stereocenters. The van der Waals surface area contributed by atoms with Crippen LogP contribution in [0.5, 0.6) is 0 Å². The molecule has 142 valence electrons. The van der Waals surface area contributed by atoms with E-state index < -0.39 is 16.8 Å². The van der Waals surface area contributed by atoms with Crippen molar-refractivity contribution >= 4 is 55.3 Å².